The van der Waals surface area contributed by atoms with E-state index in [2.05, 4.69) is 26.3 Å². The van der Waals surface area contributed by atoms with Gasteiger partial charge in [0.1, 0.15) is 11.2 Å². The first-order valence-electron chi connectivity index (χ1n) is 11.0. The van der Waals surface area contributed by atoms with Gasteiger partial charge in [-0.2, -0.15) is 5.10 Å². The summed E-state index contributed by atoms with van der Waals surface area (Å²) >= 11 is 3.46. The molecular formula is C25H25BrN4O4. The third-order valence-corrected chi connectivity index (χ3v) is 6.29. The van der Waals surface area contributed by atoms with Gasteiger partial charge < -0.3 is 15.0 Å². The molecule has 8 nitrogen and oxygen atoms in total. The minimum absolute atomic E-state index is 0.0431. The van der Waals surface area contributed by atoms with E-state index in [0.717, 1.165) is 15.6 Å². The van der Waals surface area contributed by atoms with E-state index in [1.165, 1.54) is 10.7 Å². The molecule has 1 atom stereocenters. The maximum atomic E-state index is 13.6. The van der Waals surface area contributed by atoms with Crippen LogP contribution in [-0.4, -0.2) is 44.6 Å². The highest BCUT2D eigenvalue weighted by atomic mass is 79.9. The Hall–Kier alpha value is -3.46. The predicted molar refractivity (Wildman–Crippen MR) is 129 cm³/mol. The number of ether oxygens (including phenoxy) is 1. The smallest absolute Gasteiger partial charge is 0.358 e. The van der Waals surface area contributed by atoms with Crippen LogP contribution in [0.5, 0.6) is 0 Å². The van der Waals surface area contributed by atoms with E-state index in [1.54, 1.807) is 18.7 Å². The number of hydrogen-bond donors (Lipinski definition) is 1. The first kappa shape index (κ1) is 23.7. The summed E-state index contributed by atoms with van der Waals surface area (Å²) in [6, 6.07) is 18.6. The molecule has 34 heavy (non-hydrogen) atoms. The second-order valence-corrected chi connectivity index (χ2v) is 9.17. The molecule has 4 rings (SSSR count). The molecule has 3 aromatic rings. The average Bonchev–Trinajstić information content (AvgIpc) is 3.25. The van der Waals surface area contributed by atoms with Crippen molar-refractivity contribution < 1.29 is 19.1 Å². The van der Waals surface area contributed by atoms with E-state index >= 15 is 0 Å². The van der Waals surface area contributed by atoms with Gasteiger partial charge >= 0.3 is 5.97 Å². The standard InChI is InChI=1S/C25H25BrN4O4/c1-3-34-23(32)20-13-21-22(31)29(15-18-10-7-11-19(26)12-18)25(2,16-30(21)28-20)24(33)27-14-17-8-5-4-6-9-17/h4-13H,3,14-16H2,1-2H3,(H,27,33)/t25-/m1/s1. The lowest BCUT2D eigenvalue weighted by Crippen LogP contribution is -2.63. The number of carbonyl (C=O) groups excluding carboxylic acids is 3. The van der Waals surface area contributed by atoms with Gasteiger partial charge in [0.05, 0.1) is 13.2 Å². The summed E-state index contributed by atoms with van der Waals surface area (Å²) in [5, 5.41) is 7.24. The Morgan fingerprint density at radius 2 is 1.85 bits per heavy atom. The third-order valence-electron chi connectivity index (χ3n) is 5.80. The van der Waals surface area contributed by atoms with Gasteiger partial charge in [0.2, 0.25) is 5.91 Å². The maximum Gasteiger partial charge on any atom is 0.358 e. The summed E-state index contributed by atoms with van der Waals surface area (Å²) in [5.74, 6) is -1.30. The van der Waals surface area contributed by atoms with Crippen molar-refractivity contribution in [1.82, 2.24) is 20.0 Å². The number of halogens is 1. The molecule has 0 fully saturated rings. The van der Waals surface area contributed by atoms with E-state index < -0.39 is 11.5 Å². The Balaban J connectivity index is 1.68. The van der Waals surface area contributed by atoms with Gasteiger partial charge in [-0.05, 0) is 37.1 Å². The first-order valence-corrected chi connectivity index (χ1v) is 11.7. The van der Waals surface area contributed by atoms with Crippen molar-refractivity contribution in [3.8, 4) is 0 Å². The van der Waals surface area contributed by atoms with Gasteiger partial charge in [-0.15, -0.1) is 0 Å². The number of benzene rings is 2. The fraction of sp³-hybridized carbons (Fsp3) is 0.280. The van der Waals surface area contributed by atoms with E-state index in [4.69, 9.17) is 4.74 Å². The molecule has 0 unspecified atom stereocenters. The fourth-order valence-electron chi connectivity index (χ4n) is 3.98. The van der Waals surface area contributed by atoms with Crippen LogP contribution in [-0.2, 0) is 29.2 Å². The van der Waals surface area contributed by atoms with Crippen molar-refractivity contribution >= 4 is 33.7 Å². The number of nitrogens with zero attached hydrogens (tertiary/aromatic N) is 3. The summed E-state index contributed by atoms with van der Waals surface area (Å²) in [7, 11) is 0. The van der Waals surface area contributed by atoms with Crippen LogP contribution in [0.4, 0.5) is 0 Å². The van der Waals surface area contributed by atoms with Crippen LogP contribution in [0, 0.1) is 0 Å². The number of amides is 2. The summed E-state index contributed by atoms with van der Waals surface area (Å²) < 4.78 is 7.34. The topological polar surface area (TPSA) is 93.5 Å². The molecule has 2 heterocycles. The molecular weight excluding hydrogens is 500 g/mol. The Labute approximate surface area is 206 Å². The molecule has 1 N–H and O–H groups in total. The molecule has 1 aliphatic rings. The maximum absolute atomic E-state index is 13.6. The number of carbonyl (C=O) groups is 3. The number of rotatable bonds is 7. The van der Waals surface area contributed by atoms with E-state index in [9.17, 15) is 14.4 Å². The largest absolute Gasteiger partial charge is 0.461 e. The number of nitrogens with one attached hydrogen (secondary N) is 1. The summed E-state index contributed by atoms with van der Waals surface area (Å²) in [6.45, 7) is 4.26. The molecule has 0 aliphatic carbocycles. The molecule has 0 radical (unpaired) electrons. The minimum atomic E-state index is -1.24. The Morgan fingerprint density at radius 3 is 2.56 bits per heavy atom. The van der Waals surface area contributed by atoms with Crippen molar-refractivity contribution in [2.75, 3.05) is 6.61 Å². The Morgan fingerprint density at radius 1 is 1.12 bits per heavy atom. The number of aromatic nitrogens is 2. The zero-order valence-corrected chi connectivity index (χ0v) is 20.5. The molecule has 9 heteroatoms. The zero-order chi connectivity index (χ0) is 24.3. The molecule has 176 valence electrons. The summed E-state index contributed by atoms with van der Waals surface area (Å²) in [4.78, 5) is 40.9. The van der Waals surface area contributed by atoms with Crippen LogP contribution in [0.15, 0.2) is 65.1 Å². The normalized spacial score (nSPS) is 17.3. The number of esters is 1. The summed E-state index contributed by atoms with van der Waals surface area (Å²) in [6.07, 6.45) is 0. The first-order chi connectivity index (χ1) is 16.3. The van der Waals surface area contributed by atoms with Gasteiger partial charge in [-0.3, -0.25) is 14.3 Å². The van der Waals surface area contributed by atoms with Gasteiger partial charge in [-0.25, -0.2) is 4.79 Å². The van der Waals surface area contributed by atoms with Gasteiger partial charge in [0, 0.05) is 23.6 Å². The van der Waals surface area contributed by atoms with Crippen LogP contribution in [0.25, 0.3) is 0 Å². The van der Waals surface area contributed by atoms with Crippen LogP contribution < -0.4 is 5.32 Å². The van der Waals surface area contributed by atoms with Crippen molar-refractivity contribution in [1.29, 1.82) is 0 Å². The van der Waals surface area contributed by atoms with Crippen LogP contribution in [0.3, 0.4) is 0 Å². The molecule has 2 aromatic carbocycles. The number of hydrogen-bond acceptors (Lipinski definition) is 5. The second kappa shape index (κ2) is 9.80. The molecule has 1 aromatic heterocycles. The highest BCUT2D eigenvalue weighted by Crippen LogP contribution is 2.30. The predicted octanol–water partition coefficient (Wildman–Crippen LogP) is 3.55. The van der Waals surface area contributed by atoms with Crippen molar-refractivity contribution in [2.45, 2.75) is 39.0 Å². The monoisotopic (exact) mass is 524 g/mol. The average molecular weight is 525 g/mol. The van der Waals surface area contributed by atoms with Crippen molar-refractivity contribution in [3.63, 3.8) is 0 Å². The molecule has 0 saturated heterocycles. The highest BCUT2D eigenvalue weighted by Gasteiger charge is 2.48. The second-order valence-electron chi connectivity index (χ2n) is 8.26. The van der Waals surface area contributed by atoms with Crippen LogP contribution in [0.1, 0.15) is 46.0 Å². The van der Waals surface area contributed by atoms with Gasteiger partial charge in [-0.1, -0.05) is 58.4 Å². The third kappa shape index (κ3) is 4.75. The Bertz CT molecular complexity index is 1230. The number of fused-ring (bicyclic) bond motifs is 1. The van der Waals surface area contributed by atoms with Crippen LogP contribution >= 0.6 is 15.9 Å². The quantitative estimate of drug-likeness (QED) is 0.477. The van der Waals surface area contributed by atoms with E-state index in [-0.39, 0.29) is 42.9 Å². The molecule has 0 bridgehead atoms. The molecule has 0 saturated carbocycles. The molecule has 0 spiro atoms. The van der Waals surface area contributed by atoms with Crippen molar-refractivity contribution in [2.24, 2.45) is 0 Å². The van der Waals surface area contributed by atoms with E-state index in [0.29, 0.717) is 6.54 Å². The molecule has 1 aliphatic heterocycles. The lowest BCUT2D eigenvalue weighted by atomic mass is 9.94. The van der Waals surface area contributed by atoms with E-state index in [1.807, 2.05) is 54.6 Å². The fourth-order valence-corrected chi connectivity index (χ4v) is 4.43. The zero-order valence-electron chi connectivity index (χ0n) is 19.0. The van der Waals surface area contributed by atoms with Gasteiger partial charge in [0.15, 0.2) is 5.69 Å². The highest BCUT2D eigenvalue weighted by molar-refractivity contribution is 9.10. The van der Waals surface area contributed by atoms with Crippen molar-refractivity contribution in [3.05, 3.63) is 87.7 Å². The Kier molecular flexibility index (Phi) is 6.83. The lowest BCUT2D eigenvalue weighted by Gasteiger charge is -2.43. The SMILES string of the molecule is CCOC(=O)c1cc2n(n1)C[C@](C)(C(=O)NCc1ccccc1)N(Cc1cccc(Br)c1)C2=O. The summed E-state index contributed by atoms with van der Waals surface area (Å²) in [5.41, 5.74) is 0.861. The minimum Gasteiger partial charge on any atom is -0.461 e. The van der Waals surface area contributed by atoms with Crippen LogP contribution in [0.2, 0.25) is 0 Å². The van der Waals surface area contributed by atoms with Gasteiger partial charge in [0.25, 0.3) is 5.91 Å². The molecule has 2 amide bonds. The lowest BCUT2D eigenvalue weighted by molar-refractivity contribution is -0.133.